The number of hydrogen-bond donors (Lipinski definition) is 0. The van der Waals surface area contributed by atoms with Crippen LogP contribution >= 0.6 is 11.6 Å². The first-order valence-electron chi connectivity index (χ1n) is 8.07. The molecule has 3 aromatic heterocycles. The van der Waals surface area contributed by atoms with E-state index in [2.05, 4.69) is 20.1 Å². The van der Waals surface area contributed by atoms with Gasteiger partial charge in [-0.2, -0.15) is 4.98 Å². The number of aryl methyl sites for hydroxylation is 1. The van der Waals surface area contributed by atoms with Gasteiger partial charge >= 0.3 is 0 Å². The van der Waals surface area contributed by atoms with Gasteiger partial charge in [0.15, 0.2) is 5.82 Å². The van der Waals surface area contributed by atoms with Crippen molar-refractivity contribution >= 4 is 22.5 Å². The van der Waals surface area contributed by atoms with Gasteiger partial charge in [0.25, 0.3) is 0 Å². The van der Waals surface area contributed by atoms with Gasteiger partial charge in [-0.15, -0.1) is 0 Å². The zero-order valence-electron chi connectivity index (χ0n) is 13.3. The molecule has 0 amide bonds. The van der Waals surface area contributed by atoms with Crippen LogP contribution in [0.4, 0.5) is 0 Å². The third-order valence-corrected chi connectivity index (χ3v) is 4.57. The average molecular weight is 345 g/mol. The summed E-state index contributed by atoms with van der Waals surface area (Å²) in [7, 11) is 0. The molecule has 7 heteroatoms. The number of rotatable bonds is 3. The minimum absolute atomic E-state index is 0.111. The molecule has 3 aromatic rings. The second-order valence-corrected chi connectivity index (χ2v) is 6.48. The lowest BCUT2D eigenvalue weighted by molar-refractivity contribution is 0.135. The molecule has 124 valence electrons. The largest absolute Gasteiger partial charge is 0.474 e. The first-order valence-corrected chi connectivity index (χ1v) is 8.45. The topological polar surface area (TPSA) is 73.9 Å². The summed E-state index contributed by atoms with van der Waals surface area (Å²) in [5.41, 5.74) is 0.794. The summed E-state index contributed by atoms with van der Waals surface area (Å²) in [5, 5.41) is 5.15. The third kappa shape index (κ3) is 3.06. The molecule has 0 atom stereocenters. The highest BCUT2D eigenvalue weighted by atomic mass is 35.5. The van der Waals surface area contributed by atoms with E-state index >= 15 is 0 Å². The molecule has 3 heterocycles. The second kappa shape index (κ2) is 6.36. The normalized spacial score (nSPS) is 21.1. The Bertz CT molecular complexity index is 859. The molecule has 0 N–H and O–H groups in total. The fourth-order valence-electron chi connectivity index (χ4n) is 3.17. The van der Waals surface area contributed by atoms with Crippen molar-refractivity contribution in [3.63, 3.8) is 0 Å². The smallest absolute Gasteiger partial charge is 0.229 e. The van der Waals surface area contributed by atoms with Gasteiger partial charge in [-0.3, -0.25) is 4.98 Å². The maximum absolute atomic E-state index is 6.14. The van der Waals surface area contributed by atoms with Crippen LogP contribution in [-0.4, -0.2) is 26.2 Å². The Kier molecular flexibility index (Phi) is 4.06. The van der Waals surface area contributed by atoms with Crippen molar-refractivity contribution in [3.05, 3.63) is 41.3 Å². The standard InChI is InChI=1S/C17H17ClN4O2/c1-10-20-16(24-22-10)11-4-6-12(7-5-11)23-17-13-3-2-8-19-14(13)9-15(18)21-17/h2-3,8-9,11-12H,4-7H2,1H3/t11-,12+. The van der Waals surface area contributed by atoms with Gasteiger partial charge in [0.2, 0.25) is 11.8 Å². The minimum Gasteiger partial charge on any atom is -0.474 e. The monoisotopic (exact) mass is 344 g/mol. The zero-order chi connectivity index (χ0) is 16.5. The van der Waals surface area contributed by atoms with Gasteiger partial charge in [-0.05, 0) is 44.7 Å². The van der Waals surface area contributed by atoms with Crippen molar-refractivity contribution in [2.75, 3.05) is 0 Å². The van der Waals surface area contributed by atoms with E-state index in [0.717, 1.165) is 42.5 Å². The Morgan fingerprint density at radius 3 is 2.79 bits per heavy atom. The Morgan fingerprint density at radius 2 is 2.04 bits per heavy atom. The molecule has 1 aliphatic carbocycles. The molecule has 1 fully saturated rings. The number of nitrogens with zero attached hydrogens (tertiary/aromatic N) is 4. The predicted molar refractivity (Wildman–Crippen MR) is 89.2 cm³/mol. The molecule has 0 aromatic carbocycles. The highest BCUT2D eigenvalue weighted by Crippen LogP contribution is 2.35. The first-order chi connectivity index (χ1) is 11.7. The van der Waals surface area contributed by atoms with Gasteiger partial charge in [0.05, 0.1) is 10.9 Å². The van der Waals surface area contributed by atoms with E-state index < -0.39 is 0 Å². The van der Waals surface area contributed by atoms with E-state index in [4.69, 9.17) is 20.9 Å². The highest BCUT2D eigenvalue weighted by molar-refractivity contribution is 6.30. The highest BCUT2D eigenvalue weighted by Gasteiger charge is 2.27. The van der Waals surface area contributed by atoms with Crippen LogP contribution in [0, 0.1) is 6.92 Å². The van der Waals surface area contributed by atoms with Crippen LogP contribution in [0.3, 0.4) is 0 Å². The minimum atomic E-state index is 0.111. The molecule has 24 heavy (non-hydrogen) atoms. The quantitative estimate of drug-likeness (QED) is 0.666. The molecule has 0 unspecified atom stereocenters. The Hall–Kier alpha value is -2.21. The maximum Gasteiger partial charge on any atom is 0.229 e. The summed E-state index contributed by atoms with van der Waals surface area (Å²) in [5.74, 6) is 2.30. The van der Waals surface area contributed by atoms with Crippen molar-refractivity contribution in [2.24, 2.45) is 0 Å². The lowest BCUT2D eigenvalue weighted by Crippen LogP contribution is -2.24. The number of fused-ring (bicyclic) bond motifs is 1. The molecular weight excluding hydrogens is 328 g/mol. The maximum atomic E-state index is 6.14. The van der Waals surface area contributed by atoms with Crippen LogP contribution in [0.2, 0.25) is 5.15 Å². The summed E-state index contributed by atoms with van der Waals surface area (Å²) >= 11 is 6.09. The van der Waals surface area contributed by atoms with Gasteiger partial charge in [0.1, 0.15) is 11.3 Å². The molecule has 0 radical (unpaired) electrons. The molecule has 6 nitrogen and oxygen atoms in total. The van der Waals surface area contributed by atoms with E-state index in [1.165, 1.54) is 0 Å². The van der Waals surface area contributed by atoms with Crippen molar-refractivity contribution in [2.45, 2.75) is 44.6 Å². The second-order valence-electron chi connectivity index (χ2n) is 6.09. The summed E-state index contributed by atoms with van der Waals surface area (Å²) in [6.45, 7) is 1.84. The zero-order valence-corrected chi connectivity index (χ0v) is 14.0. The van der Waals surface area contributed by atoms with Crippen molar-refractivity contribution in [1.82, 2.24) is 20.1 Å². The summed E-state index contributed by atoms with van der Waals surface area (Å²) in [6.07, 6.45) is 5.61. The van der Waals surface area contributed by atoms with Crippen LogP contribution in [-0.2, 0) is 0 Å². The number of hydrogen-bond acceptors (Lipinski definition) is 6. The third-order valence-electron chi connectivity index (χ3n) is 4.38. The predicted octanol–water partition coefficient (Wildman–Crippen LogP) is 4.08. The van der Waals surface area contributed by atoms with Crippen LogP contribution < -0.4 is 4.74 Å². The van der Waals surface area contributed by atoms with Crippen LogP contribution in [0.1, 0.15) is 43.3 Å². The molecule has 1 aliphatic rings. The lowest BCUT2D eigenvalue weighted by Gasteiger charge is -2.27. The van der Waals surface area contributed by atoms with Crippen molar-refractivity contribution < 1.29 is 9.26 Å². The summed E-state index contributed by atoms with van der Waals surface area (Å²) < 4.78 is 11.4. The van der Waals surface area contributed by atoms with Gasteiger partial charge in [0, 0.05) is 18.2 Å². The van der Waals surface area contributed by atoms with Crippen LogP contribution in [0.5, 0.6) is 5.88 Å². The number of aromatic nitrogens is 4. The SMILES string of the molecule is Cc1noc([C@H]2CC[C@@H](Oc3nc(Cl)cc4ncccc34)CC2)n1. The van der Waals surface area contributed by atoms with E-state index in [-0.39, 0.29) is 6.10 Å². The fourth-order valence-corrected chi connectivity index (χ4v) is 3.35. The molecule has 4 rings (SSSR count). The van der Waals surface area contributed by atoms with Gasteiger partial charge in [-0.1, -0.05) is 16.8 Å². The van der Waals surface area contributed by atoms with Crippen molar-refractivity contribution in [3.8, 4) is 5.88 Å². The Labute approximate surface area is 144 Å². The summed E-state index contributed by atoms with van der Waals surface area (Å²) in [4.78, 5) is 13.0. The van der Waals surface area contributed by atoms with E-state index in [0.29, 0.717) is 22.8 Å². The lowest BCUT2D eigenvalue weighted by atomic mass is 9.87. The van der Waals surface area contributed by atoms with Crippen molar-refractivity contribution in [1.29, 1.82) is 0 Å². The number of pyridine rings is 2. The number of ether oxygens (including phenoxy) is 1. The number of halogens is 1. The van der Waals surface area contributed by atoms with Gasteiger partial charge < -0.3 is 9.26 Å². The van der Waals surface area contributed by atoms with Crippen LogP contribution in [0.15, 0.2) is 28.9 Å². The molecule has 1 saturated carbocycles. The molecule has 0 saturated heterocycles. The van der Waals surface area contributed by atoms with Gasteiger partial charge in [-0.25, -0.2) is 4.98 Å². The Morgan fingerprint density at radius 1 is 1.21 bits per heavy atom. The average Bonchev–Trinajstić information content (AvgIpc) is 3.02. The fraction of sp³-hybridized carbons (Fsp3) is 0.412. The molecule has 0 spiro atoms. The Balaban J connectivity index is 1.48. The molecular formula is C17H17ClN4O2. The molecule has 0 bridgehead atoms. The van der Waals surface area contributed by atoms with E-state index in [9.17, 15) is 0 Å². The van der Waals surface area contributed by atoms with E-state index in [1.807, 2.05) is 19.1 Å². The van der Waals surface area contributed by atoms with Crippen LogP contribution in [0.25, 0.3) is 10.9 Å². The summed E-state index contributed by atoms with van der Waals surface area (Å²) in [6, 6.07) is 5.58. The molecule has 0 aliphatic heterocycles. The first kappa shape index (κ1) is 15.3. The van der Waals surface area contributed by atoms with E-state index in [1.54, 1.807) is 12.3 Å².